The van der Waals surface area contributed by atoms with E-state index in [0.29, 0.717) is 19.2 Å². The molecule has 0 aliphatic rings. The highest BCUT2D eigenvalue weighted by atomic mass is 35.5. The Balaban J connectivity index is 2.64. The SMILES string of the molecule is CC(C)NCCOc1cccc(Cl)c1[N+](=O)[O-]. The quantitative estimate of drug-likeness (QED) is 0.484. The second kappa shape index (κ2) is 6.42. The number of hydrogen-bond donors (Lipinski definition) is 1. The summed E-state index contributed by atoms with van der Waals surface area (Å²) in [6.45, 7) is 5.02. The molecule has 94 valence electrons. The molecule has 1 rings (SSSR count). The molecule has 0 aliphatic heterocycles. The third-order valence-corrected chi connectivity index (χ3v) is 2.35. The van der Waals surface area contributed by atoms with Crippen molar-refractivity contribution in [1.82, 2.24) is 5.32 Å². The standard InChI is InChI=1S/C11H15ClN2O3/c1-8(2)13-6-7-17-10-5-3-4-9(12)11(10)14(15)16/h3-5,8,13H,6-7H2,1-2H3. The fourth-order valence-electron chi connectivity index (χ4n) is 1.30. The van der Waals surface area contributed by atoms with E-state index in [2.05, 4.69) is 5.32 Å². The molecule has 1 N–H and O–H groups in total. The molecular formula is C11H15ClN2O3. The summed E-state index contributed by atoms with van der Waals surface area (Å²) in [7, 11) is 0. The Morgan fingerprint density at radius 1 is 1.53 bits per heavy atom. The second-order valence-corrected chi connectivity index (χ2v) is 4.21. The predicted molar refractivity (Wildman–Crippen MR) is 66.7 cm³/mol. The van der Waals surface area contributed by atoms with Crippen LogP contribution in [-0.2, 0) is 0 Å². The summed E-state index contributed by atoms with van der Waals surface area (Å²) in [5.74, 6) is 0.202. The molecule has 0 aromatic heterocycles. The molecule has 0 heterocycles. The minimum atomic E-state index is -0.534. The summed E-state index contributed by atoms with van der Waals surface area (Å²) < 4.78 is 5.34. The number of halogens is 1. The maximum atomic E-state index is 10.8. The topological polar surface area (TPSA) is 64.4 Å². The summed E-state index contributed by atoms with van der Waals surface area (Å²) in [6, 6.07) is 4.99. The summed E-state index contributed by atoms with van der Waals surface area (Å²) in [6.07, 6.45) is 0. The number of nitro groups is 1. The highest BCUT2D eigenvalue weighted by molar-refractivity contribution is 6.32. The number of nitrogens with zero attached hydrogens (tertiary/aromatic N) is 1. The maximum Gasteiger partial charge on any atom is 0.329 e. The van der Waals surface area contributed by atoms with Gasteiger partial charge in [0.05, 0.1) is 4.92 Å². The largest absolute Gasteiger partial charge is 0.485 e. The lowest BCUT2D eigenvalue weighted by Crippen LogP contribution is -2.27. The van der Waals surface area contributed by atoms with Crippen LogP contribution in [0.2, 0.25) is 5.02 Å². The van der Waals surface area contributed by atoms with E-state index in [-0.39, 0.29) is 16.5 Å². The molecule has 1 aromatic carbocycles. The van der Waals surface area contributed by atoms with E-state index in [4.69, 9.17) is 16.3 Å². The lowest BCUT2D eigenvalue weighted by atomic mass is 10.3. The first-order chi connectivity index (χ1) is 8.02. The van der Waals surface area contributed by atoms with Gasteiger partial charge in [-0.3, -0.25) is 10.1 Å². The first-order valence-corrected chi connectivity index (χ1v) is 5.69. The number of hydrogen-bond acceptors (Lipinski definition) is 4. The van der Waals surface area contributed by atoms with Crippen molar-refractivity contribution in [2.45, 2.75) is 19.9 Å². The summed E-state index contributed by atoms with van der Waals surface area (Å²) in [5.41, 5.74) is -0.182. The van der Waals surface area contributed by atoms with Crippen LogP contribution in [-0.4, -0.2) is 24.1 Å². The number of nitrogens with one attached hydrogen (secondary N) is 1. The molecule has 6 heteroatoms. The van der Waals surface area contributed by atoms with Gasteiger partial charge in [-0.25, -0.2) is 0 Å². The molecule has 0 bridgehead atoms. The Morgan fingerprint density at radius 3 is 2.82 bits per heavy atom. The molecule has 1 aromatic rings. The highest BCUT2D eigenvalue weighted by Gasteiger charge is 2.19. The van der Waals surface area contributed by atoms with E-state index in [1.165, 1.54) is 6.07 Å². The monoisotopic (exact) mass is 258 g/mol. The predicted octanol–water partition coefficient (Wildman–Crippen LogP) is 2.63. The van der Waals surface area contributed by atoms with Crippen molar-refractivity contribution in [3.63, 3.8) is 0 Å². The third kappa shape index (κ3) is 4.20. The lowest BCUT2D eigenvalue weighted by molar-refractivity contribution is -0.385. The van der Waals surface area contributed by atoms with Gasteiger partial charge in [0.1, 0.15) is 11.6 Å². The van der Waals surface area contributed by atoms with Crippen LogP contribution in [0.15, 0.2) is 18.2 Å². The van der Waals surface area contributed by atoms with Gasteiger partial charge in [-0.2, -0.15) is 0 Å². The maximum absolute atomic E-state index is 10.8. The second-order valence-electron chi connectivity index (χ2n) is 3.80. The molecule has 0 unspecified atom stereocenters. The van der Waals surface area contributed by atoms with Gasteiger partial charge in [0.25, 0.3) is 0 Å². The molecule has 0 spiro atoms. The van der Waals surface area contributed by atoms with Gasteiger partial charge in [-0.15, -0.1) is 0 Å². The Kier molecular flexibility index (Phi) is 5.18. The number of ether oxygens (including phenoxy) is 1. The molecule has 0 aliphatic carbocycles. The van der Waals surface area contributed by atoms with Crippen LogP contribution < -0.4 is 10.1 Å². The molecule has 0 fully saturated rings. The van der Waals surface area contributed by atoms with Crippen molar-refractivity contribution in [1.29, 1.82) is 0 Å². The van der Waals surface area contributed by atoms with Gasteiger partial charge < -0.3 is 10.1 Å². The Morgan fingerprint density at radius 2 is 2.24 bits per heavy atom. The Bertz CT molecular complexity index is 396. The van der Waals surface area contributed by atoms with Gasteiger partial charge in [-0.1, -0.05) is 31.5 Å². The number of benzene rings is 1. The molecule has 0 amide bonds. The average molecular weight is 259 g/mol. The highest BCUT2D eigenvalue weighted by Crippen LogP contribution is 2.33. The van der Waals surface area contributed by atoms with Crippen molar-refractivity contribution in [3.8, 4) is 5.75 Å². The van der Waals surface area contributed by atoms with Gasteiger partial charge >= 0.3 is 5.69 Å². The van der Waals surface area contributed by atoms with Crippen molar-refractivity contribution >= 4 is 17.3 Å². The molecule has 0 saturated carbocycles. The zero-order chi connectivity index (χ0) is 12.8. The third-order valence-electron chi connectivity index (χ3n) is 2.04. The molecule has 17 heavy (non-hydrogen) atoms. The van der Waals surface area contributed by atoms with E-state index in [1.807, 2.05) is 13.8 Å². The van der Waals surface area contributed by atoms with Crippen molar-refractivity contribution in [2.75, 3.05) is 13.2 Å². The summed E-state index contributed by atoms with van der Waals surface area (Å²) in [5, 5.41) is 14.0. The lowest BCUT2D eigenvalue weighted by Gasteiger charge is -2.10. The van der Waals surface area contributed by atoms with Crippen LogP contribution in [0.25, 0.3) is 0 Å². The van der Waals surface area contributed by atoms with E-state index < -0.39 is 4.92 Å². The minimum absolute atomic E-state index is 0.0873. The van der Waals surface area contributed by atoms with E-state index in [9.17, 15) is 10.1 Å². The minimum Gasteiger partial charge on any atom is -0.485 e. The fourth-order valence-corrected chi connectivity index (χ4v) is 1.53. The first-order valence-electron chi connectivity index (χ1n) is 5.31. The molecule has 0 atom stereocenters. The molecular weight excluding hydrogens is 244 g/mol. The van der Waals surface area contributed by atoms with Gasteiger partial charge in [0, 0.05) is 12.6 Å². The van der Waals surface area contributed by atoms with Crippen LogP contribution in [0.3, 0.4) is 0 Å². The van der Waals surface area contributed by atoms with Gasteiger partial charge in [0.15, 0.2) is 5.75 Å². The summed E-state index contributed by atoms with van der Waals surface area (Å²) in [4.78, 5) is 10.3. The first kappa shape index (κ1) is 13.7. The number of para-hydroxylation sites is 1. The van der Waals surface area contributed by atoms with Crippen LogP contribution in [0.1, 0.15) is 13.8 Å². The van der Waals surface area contributed by atoms with E-state index >= 15 is 0 Å². The number of nitro benzene ring substituents is 1. The zero-order valence-electron chi connectivity index (χ0n) is 9.77. The fraction of sp³-hybridized carbons (Fsp3) is 0.455. The van der Waals surface area contributed by atoms with E-state index in [0.717, 1.165) is 0 Å². The van der Waals surface area contributed by atoms with Gasteiger partial charge in [0.2, 0.25) is 0 Å². The summed E-state index contributed by atoms with van der Waals surface area (Å²) >= 11 is 5.75. The smallest absolute Gasteiger partial charge is 0.329 e. The number of rotatable bonds is 6. The Labute approximate surface area is 105 Å². The van der Waals surface area contributed by atoms with Crippen LogP contribution in [0.5, 0.6) is 5.75 Å². The normalized spacial score (nSPS) is 10.6. The molecule has 0 radical (unpaired) electrons. The average Bonchev–Trinajstić information content (AvgIpc) is 2.23. The van der Waals surface area contributed by atoms with Crippen LogP contribution in [0, 0.1) is 10.1 Å². The van der Waals surface area contributed by atoms with Gasteiger partial charge in [-0.05, 0) is 12.1 Å². The van der Waals surface area contributed by atoms with Crippen LogP contribution in [0.4, 0.5) is 5.69 Å². The van der Waals surface area contributed by atoms with Crippen LogP contribution >= 0.6 is 11.6 Å². The van der Waals surface area contributed by atoms with Crippen molar-refractivity contribution in [2.24, 2.45) is 0 Å². The van der Waals surface area contributed by atoms with Crippen molar-refractivity contribution < 1.29 is 9.66 Å². The molecule has 0 saturated heterocycles. The molecule has 5 nitrogen and oxygen atoms in total. The zero-order valence-corrected chi connectivity index (χ0v) is 10.5. The van der Waals surface area contributed by atoms with Crippen molar-refractivity contribution in [3.05, 3.63) is 33.3 Å². The van der Waals surface area contributed by atoms with E-state index in [1.54, 1.807) is 12.1 Å². The Hall–Kier alpha value is -1.33.